The van der Waals surface area contributed by atoms with Crippen molar-refractivity contribution in [3.63, 3.8) is 0 Å². The van der Waals surface area contributed by atoms with Crippen molar-refractivity contribution < 1.29 is 19.1 Å². The summed E-state index contributed by atoms with van der Waals surface area (Å²) >= 11 is 8.06. The maximum atomic E-state index is 12.7. The van der Waals surface area contributed by atoms with E-state index < -0.39 is 0 Å². The van der Waals surface area contributed by atoms with Crippen molar-refractivity contribution >= 4 is 61.1 Å². The Balaban J connectivity index is 1.64. The fourth-order valence-corrected chi connectivity index (χ4v) is 4.49. The van der Waals surface area contributed by atoms with E-state index in [0.717, 1.165) is 8.95 Å². The van der Waals surface area contributed by atoms with Gasteiger partial charge in [0.05, 0.1) is 32.2 Å². The SMILES string of the molecule is C=CCn1c(CNC(=O)c2ccc(OC)c(OC)c2)nnc1SCC(=O)Nc1cc(Br)ccc1Br. The molecule has 0 spiro atoms. The molecule has 3 rings (SSSR count). The number of nitrogens with zero attached hydrogens (tertiary/aromatic N) is 3. The van der Waals surface area contributed by atoms with Gasteiger partial charge in [-0.1, -0.05) is 33.8 Å². The van der Waals surface area contributed by atoms with E-state index in [4.69, 9.17) is 9.47 Å². The van der Waals surface area contributed by atoms with Crippen LogP contribution >= 0.6 is 43.6 Å². The van der Waals surface area contributed by atoms with Crippen LogP contribution in [0.15, 0.2) is 63.2 Å². The average Bonchev–Trinajstić information content (AvgIpc) is 3.24. The highest BCUT2D eigenvalue weighted by molar-refractivity contribution is 9.11. The Morgan fingerprint density at radius 3 is 2.60 bits per heavy atom. The van der Waals surface area contributed by atoms with Crippen LogP contribution in [0.1, 0.15) is 16.2 Å². The van der Waals surface area contributed by atoms with Crippen molar-refractivity contribution in [1.29, 1.82) is 0 Å². The molecule has 1 heterocycles. The van der Waals surface area contributed by atoms with E-state index >= 15 is 0 Å². The number of benzene rings is 2. The van der Waals surface area contributed by atoms with Crippen molar-refractivity contribution in [3.8, 4) is 11.5 Å². The molecule has 0 aliphatic carbocycles. The summed E-state index contributed by atoms with van der Waals surface area (Å²) in [6.07, 6.45) is 1.70. The number of hydrogen-bond acceptors (Lipinski definition) is 7. The molecule has 0 atom stereocenters. The number of allylic oxidation sites excluding steroid dienone is 1. The van der Waals surface area contributed by atoms with Gasteiger partial charge in [0.15, 0.2) is 22.5 Å². The first-order valence-electron chi connectivity index (χ1n) is 10.3. The monoisotopic (exact) mass is 623 g/mol. The Morgan fingerprint density at radius 1 is 1.11 bits per heavy atom. The van der Waals surface area contributed by atoms with Gasteiger partial charge >= 0.3 is 0 Å². The maximum absolute atomic E-state index is 12.7. The molecule has 0 aliphatic heterocycles. The van der Waals surface area contributed by atoms with Crippen LogP contribution in [0.25, 0.3) is 0 Å². The number of hydrogen-bond donors (Lipinski definition) is 2. The van der Waals surface area contributed by atoms with Crippen LogP contribution < -0.4 is 20.1 Å². The van der Waals surface area contributed by atoms with Gasteiger partial charge in [-0.05, 0) is 52.3 Å². The van der Waals surface area contributed by atoms with Gasteiger partial charge in [0, 0.05) is 21.1 Å². The molecule has 2 amide bonds. The quantitative estimate of drug-likeness (QED) is 0.236. The van der Waals surface area contributed by atoms with Crippen LogP contribution in [-0.2, 0) is 17.9 Å². The summed E-state index contributed by atoms with van der Waals surface area (Å²) in [5.41, 5.74) is 1.08. The predicted octanol–water partition coefficient (Wildman–Crippen LogP) is 4.67. The molecule has 1 aromatic heterocycles. The number of aromatic nitrogens is 3. The minimum absolute atomic E-state index is 0.131. The molecule has 12 heteroatoms. The zero-order valence-corrected chi connectivity index (χ0v) is 23.0. The molecule has 0 bridgehead atoms. The third-order valence-electron chi connectivity index (χ3n) is 4.69. The van der Waals surface area contributed by atoms with Crippen LogP contribution in [-0.4, -0.2) is 46.6 Å². The number of carbonyl (C=O) groups excluding carboxylic acids is 2. The molecule has 3 aromatic rings. The highest BCUT2D eigenvalue weighted by Gasteiger charge is 2.16. The lowest BCUT2D eigenvalue weighted by Crippen LogP contribution is -2.25. The van der Waals surface area contributed by atoms with Crippen LogP contribution in [0, 0.1) is 0 Å². The summed E-state index contributed by atoms with van der Waals surface area (Å²) in [5.74, 6) is 1.18. The van der Waals surface area contributed by atoms with Crippen molar-refractivity contribution in [2.24, 2.45) is 0 Å². The fourth-order valence-electron chi connectivity index (χ4n) is 3.02. The second-order valence-electron chi connectivity index (χ2n) is 7.01. The lowest BCUT2D eigenvalue weighted by atomic mass is 10.2. The Bertz CT molecular complexity index is 1230. The molecular weight excluding hydrogens is 602 g/mol. The van der Waals surface area contributed by atoms with Gasteiger partial charge in [0.25, 0.3) is 5.91 Å². The Kier molecular flexibility index (Phi) is 9.75. The number of thioether (sulfide) groups is 1. The lowest BCUT2D eigenvalue weighted by molar-refractivity contribution is -0.113. The van der Waals surface area contributed by atoms with Gasteiger partial charge in [-0.25, -0.2) is 0 Å². The summed E-state index contributed by atoms with van der Waals surface area (Å²) in [7, 11) is 3.04. The first-order chi connectivity index (χ1) is 16.9. The lowest BCUT2D eigenvalue weighted by Gasteiger charge is -2.11. The van der Waals surface area contributed by atoms with Gasteiger partial charge in [0.2, 0.25) is 5.91 Å². The summed E-state index contributed by atoms with van der Waals surface area (Å²) in [6, 6.07) is 10.4. The molecule has 0 unspecified atom stereocenters. The molecule has 0 aliphatic rings. The van der Waals surface area contributed by atoms with E-state index in [1.807, 2.05) is 18.2 Å². The number of nitrogens with one attached hydrogen (secondary N) is 2. The predicted molar refractivity (Wildman–Crippen MR) is 142 cm³/mol. The van der Waals surface area contributed by atoms with Gasteiger partial charge < -0.3 is 24.7 Å². The first kappa shape index (κ1) is 26.8. The van der Waals surface area contributed by atoms with Gasteiger partial charge in [-0.2, -0.15) is 0 Å². The largest absolute Gasteiger partial charge is 0.493 e. The van der Waals surface area contributed by atoms with Gasteiger partial charge in [0.1, 0.15) is 0 Å². The number of methoxy groups -OCH3 is 2. The minimum atomic E-state index is -0.299. The Morgan fingerprint density at radius 2 is 1.89 bits per heavy atom. The smallest absolute Gasteiger partial charge is 0.251 e. The van der Waals surface area contributed by atoms with E-state index in [1.54, 1.807) is 28.8 Å². The Labute approximate surface area is 223 Å². The van der Waals surface area contributed by atoms with Crippen LogP contribution in [0.3, 0.4) is 0 Å². The van der Waals surface area contributed by atoms with E-state index in [2.05, 4.69) is 59.3 Å². The second-order valence-corrected chi connectivity index (χ2v) is 9.72. The van der Waals surface area contributed by atoms with Crippen molar-refractivity contribution in [1.82, 2.24) is 20.1 Å². The summed E-state index contributed by atoms with van der Waals surface area (Å²) in [4.78, 5) is 25.1. The standard InChI is InChI=1S/C23H23Br2N5O4S/c1-4-9-30-20(12-26-22(32)14-5-8-18(33-2)19(10-14)34-3)28-29-23(30)35-13-21(31)27-17-11-15(24)6-7-16(17)25/h4-8,10-11H,1,9,12-13H2,2-3H3,(H,26,32)(H,27,31). The molecule has 0 saturated carbocycles. The van der Waals surface area contributed by atoms with Crippen LogP contribution in [0.2, 0.25) is 0 Å². The molecule has 9 nitrogen and oxygen atoms in total. The molecular formula is C23H23Br2N5O4S. The van der Waals surface area contributed by atoms with Gasteiger partial charge in [-0.3, -0.25) is 9.59 Å². The number of anilines is 1. The molecule has 35 heavy (non-hydrogen) atoms. The molecule has 2 aromatic carbocycles. The number of rotatable bonds is 11. The van der Waals surface area contributed by atoms with Crippen molar-refractivity contribution in [2.45, 2.75) is 18.2 Å². The third kappa shape index (κ3) is 7.09. The number of halogens is 2. The first-order valence-corrected chi connectivity index (χ1v) is 12.8. The summed E-state index contributed by atoms with van der Waals surface area (Å²) in [5, 5.41) is 14.6. The van der Waals surface area contributed by atoms with Crippen molar-refractivity contribution in [3.05, 3.63) is 69.4 Å². The fraction of sp³-hybridized carbons (Fsp3) is 0.217. The normalized spacial score (nSPS) is 10.5. The zero-order chi connectivity index (χ0) is 25.4. The maximum Gasteiger partial charge on any atom is 0.251 e. The van der Waals surface area contributed by atoms with Crippen LogP contribution in [0.5, 0.6) is 11.5 Å². The molecule has 184 valence electrons. The highest BCUT2D eigenvalue weighted by Crippen LogP contribution is 2.28. The molecule has 2 N–H and O–H groups in total. The highest BCUT2D eigenvalue weighted by atomic mass is 79.9. The van der Waals surface area contributed by atoms with Gasteiger partial charge in [-0.15, -0.1) is 16.8 Å². The topological polar surface area (TPSA) is 107 Å². The Hall–Kier alpha value is -2.83. The summed E-state index contributed by atoms with van der Waals surface area (Å²) in [6.45, 7) is 4.35. The van der Waals surface area contributed by atoms with Crippen molar-refractivity contribution in [2.75, 3.05) is 25.3 Å². The summed E-state index contributed by atoms with van der Waals surface area (Å²) < 4.78 is 13.9. The van der Waals surface area contributed by atoms with E-state index in [1.165, 1.54) is 26.0 Å². The van der Waals surface area contributed by atoms with E-state index in [9.17, 15) is 9.59 Å². The zero-order valence-electron chi connectivity index (χ0n) is 19.0. The minimum Gasteiger partial charge on any atom is -0.493 e. The number of carbonyl (C=O) groups is 2. The second kappa shape index (κ2) is 12.8. The number of amides is 2. The molecule has 0 fully saturated rings. The third-order valence-corrected chi connectivity index (χ3v) is 6.84. The van der Waals surface area contributed by atoms with E-state index in [0.29, 0.717) is 40.3 Å². The van der Waals surface area contributed by atoms with E-state index in [-0.39, 0.29) is 24.1 Å². The molecule has 0 radical (unpaired) electrons. The number of ether oxygens (including phenoxy) is 2. The average molecular weight is 625 g/mol. The molecule has 0 saturated heterocycles. The van der Waals surface area contributed by atoms with Crippen LogP contribution in [0.4, 0.5) is 5.69 Å².